The zero-order valence-electron chi connectivity index (χ0n) is 11.8. The highest BCUT2D eigenvalue weighted by atomic mass is 16.4. The molecule has 3 nitrogen and oxygen atoms in total. The van der Waals surface area contributed by atoms with E-state index in [0.717, 1.165) is 12.1 Å². The van der Waals surface area contributed by atoms with Crippen molar-refractivity contribution < 1.29 is 9.90 Å². The maximum Gasteiger partial charge on any atom is 0.310 e. The summed E-state index contributed by atoms with van der Waals surface area (Å²) in [4.78, 5) is 13.5. The van der Waals surface area contributed by atoms with E-state index in [4.69, 9.17) is 0 Å². The van der Waals surface area contributed by atoms with E-state index < -0.39 is 5.97 Å². The van der Waals surface area contributed by atoms with Crippen LogP contribution in [0.5, 0.6) is 0 Å². The third kappa shape index (κ3) is 3.35. The van der Waals surface area contributed by atoms with Gasteiger partial charge in [-0.15, -0.1) is 0 Å². The smallest absolute Gasteiger partial charge is 0.310 e. The average molecular weight is 261 g/mol. The molecule has 1 N–H and O–H groups in total. The predicted molar refractivity (Wildman–Crippen MR) is 76.6 cm³/mol. The van der Waals surface area contributed by atoms with Crippen LogP contribution in [-0.2, 0) is 4.79 Å². The molecule has 19 heavy (non-hydrogen) atoms. The number of rotatable bonds is 4. The normalized spacial score (nSPS) is 22.1. The number of carbonyl (C=O) groups is 1. The number of likely N-dealkylation sites (tertiary alicyclic amines) is 1. The third-order valence-electron chi connectivity index (χ3n) is 4.14. The summed E-state index contributed by atoms with van der Waals surface area (Å²) < 4.78 is 0. The van der Waals surface area contributed by atoms with Crippen molar-refractivity contribution in [3.8, 4) is 0 Å². The third-order valence-corrected chi connectivity index (χ3v) is 4.14. The highest BCUT2D eigenvalue weighted by Gasteiger charge is 2.20. The Morgan fingerprint density at radius 1 is 1.42 bits per heavy atom. The summed E-state index contributed by atoms with van der Waals surface area (Å²) in [5.41, 5.74) is 2.26. The maximum atomic E-state index is 11.2. The van der Waals surface area contributed by atoms with Crippen LogP contribution in [0.15, 0.2) is 24.3 Å². The summed E-state index contributed by atoms with van der Waals surface area (Å²) in [5, 5.41) is 9.17. The van der Waals surface area contributed by atoms with Crippen molar-refractivity contribution in [1.29, 1.82) is 0 Å². The first-order chi connectivity index (χ1) is 9.11. The molecule has 2 rings (SSSR count). The Hall–Kier alpha value is -1.35. The number of hydrogen-bond acceptors (Lipinski definition) is 2. The van der Waals surface area contributed by atoms with E-state index in [0.29, 0.717) is 12.3 Å². The van der Waals surface area contributed by atoms with Gasteiger partial charge in [0.05, 0.1) is 5.92 Å². The molecule has 3 heteroatoms. The van der Waals surface area contributed by atoms with Crippen LogP contribution in [0.1, 0.15) is 49.1 Å². The van der Waals surface area contributed by atoms with Gasteiger partial charge in [0.15, 0.2) is 0 Å². The van der Waals surface area contributed by atoms with E-state index in [9.17, 15) is 9.90 Å². The molecular weight excluding hydrogens is 238 g/mol. The van der Waals surface area contributed by atoms with Gasteiger partial charge in [-0.25, -0.2) is 0 Å². The summed E-state index contributed by atoms with van der Waals surface area (Å²) in [6.07, 6.45) is 3.12. The second kappa shape index (κ2) is 6.20. The lowest BCUT2D eigenvalue weighted by molar-refractivity contribution is -0.138. The summed E-state index contributed by atoms with van der Waals surface area (Å²) in [6, 6.07) is 8.22. The topological polar surface area (TPSA) is 40.5 Å². The van der Waals surface area contributed by atoms with Crippen LogP contribution < -0.4 is 0 Å². The van der Waals surface area contributed by atoms with Crippen molar-refractivity contribution in [2.24, 2.45) is 0 Å². The molecule has 0 radical (unpaired) electrons. The van der Waals surface area contributed by atoms with Crippen LogP contribution in [0.25, 0.3) is 0 Å². The summed E-state index contributed by atoms with van der Waals surface area (Å²) in [6.45, 7) is 4.21. The minimum absolute atomic E-state index is 0.372. The van der Waals surface area contributed by atoms with Gasteiger partial charge in [0.2, 0.25) is 0 Å². The van der Waals surface area contributed by atoms with Gasteiger partial charge in [0, 0.05) is 6.54 Å². The molecule has 2 unspecified atom stereocenters. The standard InChI is InChI=1S/C16H23NO2/c1-3-15(16(18)19)13-8-6-12(7-9-13)14-5-4-10-17(2)11-14/h6-9,14-15H,3-5,10-11H2,1-2H3,(H,18,19). The van der Waals surface area contributed by atoms with Gasteiger partial charge in [-0.2, -0.15) is 0 Å². The van der Waals surface area contributed by atoms with Crippen molar-refractivity contribution in [1.82, 2.24) is 4.90 Å². The zero-order valence-corrected chi connectivity index (χ0v) is 11.8. The lowest BCUT2D eigenvalue weighted by Gasteiger charge is -2.30. The SMILES string of the molecule is CCC(C(=O)O)c1ccc(C2CCCN(C)C2)cc1. The van der Waals surface area contributed by atoms with Crippen LogP contribution in [0.3, 0.4) is 0 Å². The second-order valence-electron chi connectivity index (χ2n) is 5.57. The van der Waals surface area contributed by atoms with E-state index in [2.05, 4.69) is 24.1 Å². The van der Waals surface area contributed by atoms with Crippen LogP contribution in [0, 0.1) is 0 Å². The molecule has 0 spiro atoms. The van der Waals surface area contributed by atoms with Crippen molar-refractivity contribution >= 4 is 5.97 Å². The van der Waals surface area contributed by atoms with Gasteiger partial charge in [-0.3, -0.25) is 4.79 Å². The number of nitrogens with zero attached hydrogens (tertiary/aromatic N) is 1. The van der Waals surface area contributed by atoms with E-state index in [-0.39, 0.29) is 5.92 Å². The van der Waals surface area contributed by atoms with Gasteiger partial charge in [-0.05, 0) is 49.9 Å². The van der Waals surface area contributed by atoms with Crippen LogP contribution >= 0.6 is 0 Å². The van der Waals surface area contributed by atoms with Crippen LogP contribution in [0.2, 0.25) is 0 Å². The fraction of sp³-hybridized carbons (Fsp3) is 0.562. The molecule has 1 fully saturated rings. The van der Waals surface area contributed by atoms with E-state index in [1.807, 2.05) is 19.1 Å². The van der Waals surface area contributed by atoms with Crippen molar-refractivity contribution in [3.63, 3.8) is 0 Å². The first-order valence-corrected chi connectivity index (χ1v) is 7.13. The Labute approximate surface area is 115 Å². The molecule has 0 bridgehead atoms. The Balaban J connectivity index is 2.11. The maximum absolute atomic E-state index is 11.2. The Morgan fingerprint density at radius 3 is 2.63 bits per heavy atom. The van der Waals surface area contributed by atoms with Gasteiger partial charge in [0.25, 0.3) is 0 Å². The largest absolute Gasteiger partial charge is 0.481 e. The first-order valence-electron chi connectivity index (χ1n) is 7.13. The highest BCUT2D eigenvalue weighted by molar-refractivity contribution is 5.75. The van der Waals surface area contributed by atoms with Crippen molar-refractivity contribution in [2.45, 2.75) is 38.0 Å². The average Bonchev–Trinajstić information content (AvgIpc) is 2.40. The minimum atomic E-state index is -0.729. The molecule has 1 aliphatic rings. The molecule has 1 aromatic carbocycles. The number of piperidine rings is 1. The monoisotopic (exact) mass is 261 g/mol. The van der Waals surface area contributed by atoms with Crippen molar-refractivity contribution in [3.05, 3.63) is 35.4 Å². The number of likely N-dealkylation sites (N-methyl/N-ethyl adjacent to an activating group) is 1. The number of carboxylic acid groups (broad SMARTS) is 1. The molecule has 0 amide bonds. The molecule has 0 saturated carbocycles. The quantitative estimate of drug-likeness (QED) is 0.905. The van der Waals surface area contributed by atoms with Gasteiger partial charge in [0.1, 0.15) is 0 Å². The number of aliphatic carboxylic acids is 1. The van der Waals surface area contributed by atoms with E-state index in [1.165, 1.54) is 24.9 Å². The lowest BCUT2D eigenvalue weighted by atomic mass is 9.88. The van der Waals surface area contributed by atoms with Crippen LogP contribution in [-0.4, -0.2) is 36.1 Å². The van der Waals surface area contributed by atoms with Gasteiger partial charge in [-0.1, -0.05) is 31.2 Å². The Morgan fingerprint density at radius 2 is 2.11 bits per heavy atom. The van der Waals surface area contributed by atoms with Gasteiger partial charge >= 0.3 is 5.97 Å². The molecule has 2 atom stereocenters. The van der Waals surface area contributed by atoms with Gasteiger partial charge < -0.3 is 10.0 Å². The molecule has 104 valence electrons. The minimum Gasteiger partial charge on any atom is -0.481 e. The predicted octanol–water partition coefficient (Wildman–Crippen LogP) is 3.07. The Bertz CT molecular complexity index is 427. The molecule has 1 aliphatic heterocycles. The Kier molecular flexibility index (Phi) is 4.59. The first kappa shape index (κ1) is 14.1. The molecule has 1 heterocycles. The fourth-order valence-electron chi connectivity index (χ4n) is 2.99. The second-order valence-corrected chi connectivity index (χ2v) is 5.57. The van der Waals surface area contributed by atoms with E-state index in [1.54, 1.807) is 0 Å². The fourth-order valence-corrected chi connectivity index (χ4v) is 2.99. The number of hydrogen-bond donors (Lipinski definition) is 1. The molecule has 1 saturated heterocycles. The molecular formula is C16H23NO2. The molecule has 1 aromatic rings. The zero-order chi connectivity index (χ0) is 13.8. The van der Waals surface area contributed by atoms with E-state index >= 15 is 0 Å². The molecule has 0 aliphatic carbocycles. The summed E-state index contributed by atoms with van der Waals surface area (Å²) in [7, 11) is 2.16. The van der Waals surface area contributed by atoms with Crippen molar-refractivity contribution in [2.75, 3.05) is 20.1 Å². The summed E-state index contributed by atoms with van der Waals surface area (Å²) >= 11 is 0. The summed E-state index contributed by atoms with van der Waals surface area (Å²) in [5.74, 6) is -0.506. The highest BCUT2D eigenvalue weighted by Crippen LogP contribution is 2.28. The van der Waals surface area contributed by atoms with Crippen LogP contribution in [0.4, 0.5) is 0 Å². The number of carboxylic acids is 1. The lowest BCUT2D eigenvalue weighted by Crippen LogP contribution is -2.30. The molecule has 0 aromatic heterocycles. The number of benzene rings is 1.